The maximum atomic E-state index is 13.5. The molecule has 0 saturated heterocycles. The van der Waals surface area contributed by atoms with Crippen molar-refractivity contribution in [2.45, 2.75) is 19.9 Å². The molecule has 0 aliphatic carbocycles. The van der Waals surface area contributed by atoms with Gasteiger partial charge in [0.05, 0.1) is 35.6 Å². The van der Waals surface area contributed by atoms with Crippen molar-refractivity contribution in [3.63, 3.8) is 0 Å². The standard InChI is InChI=1S/C24H21BrN2O4S/c1-4-31-23(29)20-14(2)26-24-27(21(20)16-6-5-7-18(13-16)30-3)22(28)19(32-24)12-15-8-10-17(25)11-9-15/h5-13,21H,4H2,1-3H3/b19-12-/t21-/m1/s1. The predicted octanol–water partition coefficient (Wildman–Crippen LogP) is 3.57. The summed E-state index contributed by atoms with van der Waals surface area (Å²) in [5, 5.41) is 0. The van der Waals surface area contributed by atoms with Crippen LogP contribution in [-0.4, -0.2) is 24.3 Å². The van der Waals surface area contributed by atoms with E-state index in [1.54, 1.807) is 25.5 Å². The number of fused-ring (bicyclic) bond motifs is 1. The van der Waals surface area contributed by atoms with Gasteiger partial charge in [-0.15, -0.1) is 0 Å². The largest absolute Gasteiger partial charge is 0.497 e. The number of esters is 1. The van der Waals surface area contributed by atoms with Crippen molar-refractivity contribution in [3.05, 3.63) is 95.1 Å². The van der Waals surface area contributed by atoms with E-state index in [2.05, 4.69) is 20.9 Å². The first-order chi connectivity index (χ1) is 15.4. The van der Waals surface area contributed by atoms with Crippen molar-refractivity contribution < 1.29 is 14.3 Å². The minimum Gasteiger partial charge on any atom is -0.497 e. The molecule has 0 saturated carbocycles. The van der Waals surface area contributed by atoms with Crippen LogP contribution < -0.4 is 19.6 Å². The molecule has 0 amide bonds. The quantitative estimate of drug-likeness (QED) is 0.490. The van der Waals surface area contributed by atoms with Gasteiger partial charge in [0.25, 0.3) is 5.56 Å². The first kappa shape index (κ1) is 22.2. The molecule has 2 heterocycles. The molecule has 8 heteroatoms. The molecule has 6 nitrogen and oxygen atoms in total. The Morgan fingerprint density at radius 3 is 2.69 bits per heavy atom. The number of aromatic nitrogens is 1. The van der Waals surface area contributed by atoms with Crippen molar-refractivity contribution in [1.82, 2.24) is 4.57 Å². The van der Waals surface area contributed by atoms with Crippen LogP contribution >= 0.6 is 27.3 Å². The second kappa shape index (κ2) is 9.26. The van der Waals surface area contributed by atoms with Crippen LogP contribution in [0.2, 0.25) is 0 Å². The molecule has 1 aliphatic heterocycles. The van der Waals surface area contributed by atoms with E-state index in [9.17, 15) is 9.59 Å². The zero-order valence-corrected chi connectivity index (χ0v) is 20.2. The van der Waals surface area contributed by atoms with Gasteiger partial charge in [-0.3, -0.25) is 9.36 Å². The maximum Gasteiger partial charge on any atom is 0.338 e. The fourth-order valence-electron chi connectivity index (χ4n) is 3.63. The normalized spacial score (nSPS) is 15.9. The average molecular weight is 513 g/mol. The first-order valence-corrected chi connectivity index (χ1v) is 11.6. The third-order valence-electron chi connectivity index (χ3n) is 5.09. The molecule has 3 aromatic rings. The lowest BCUT2D eigenvalue weighted by Gasteiger charge is -2.25. The number of carbonyl (C=O) groups is 1. The van der Waals surface area contributed by atoms with Crippen molar-refractivity contribution >= 4 is 39.3 Å². The number of hydrogen-bond donors (Lipinski definition) is 0. The van der Waals surface area contributed by atoms with Crippen molar-refractivity contribution in [1.29, 1.82) is 0 Å². The van der Waals surface area contributed by atoms with Gasteiger partial charge in [-0.1, -0.05) is 51.5 Å². The fraction of sp³-hybridized carbons (Fsp3) is 0.208. The number of methoxy groups -OCH3 is 1. The highest BCUT2D eigenvalue weighted by molar-refractivity contribution is 9.10. The summed E-state index contributed by atoms with van der Waals surface area (Å²) in [6.07, 6.45) is 1.84. The van der Waals surface area contributed by atoms with Gasteiger partial charge in [-0.2, -0.15) is 0 Å². The summed E-state index contributed by atoms with van der Waals surface area (Å²) in [4.78, 5) is 31.6. The molecular weight excluding hydrogens is 492 g/mol. The van der Waals surface area contributed by atoms with E-state index < -0.39 is 12.0 Å². The average Bonchev–Trinajstić information content (AvgIpc) is 3.09. The van der Waals surface area contributed by atoms with E-state index in [1.807, 2.05) is 54.6 Å². The second-order valence-electron chi connectivity index (χ2n) is 7.13. The minimum absolute atomic E-state index is 0.209. The highest BCUT2D eigenvalue weighted by Crippen LogP contribution is 2.32. The van der Waals surface area contributed by atoms with Crippen LogP contribution in [0, 0.1) is 0 Å². The van der Waals surface area contributed by atoms with Gasteiger partial charge in [-0.05, 0) is 55.3 Å². The van der Waals surface area contributed by atoms with Gasteiger partial charge in [0.1, 0.15) is 5.75 Å². The van der Waals surface area contributed by atoms with Gasteiger partial charge in [0, 0.05) is 4.47 Å². The molecule has 1 aromatic heterocycles. The third kappa shape index (κ3) is 4.20. The van der Waals surface area contributed by atoms with Crippen molar-refractivity contribution in [2.75, 3.05) is 13.7 Å². The lowest BCUT2D eigenvalue weighted by Crippen LogP contribution is -2.39. The van der Waals surface area contributed by atoms with E-state index in [-0.39, 0.29) is 12.2 Å². The first-order valence-electron chi connectivity index (χ1n) is 10.0. The van der Waals surface area contributed by atoms with Crippen LogP contribution in [0.3, 0.4) is 0 Å². The number of benzene rings is 2. The minimum atomic E-state index is -0.660. The van der Waals surface area contributed by atoms with E-state index in [0.29, 0.717) is 26.4 Å². The Balaban J connectivity index is 1.96. The molecule has 1 atom stereocenters. The molecule has 164 valence electrons. The van der Waals surface area contributed by atoms with E-state index in [4.69, 9.17) is 9.47 Å². The predicted molar refractivity (Wildman–Crippen MR) is 128 cm³/mol. The molecule has 0 radical (unpaired) electrons. The Kier molecular flexibility index (Phi) is 6.43. The third-order valence-corrected chi connectivity index (χ3v) is 6.61. The van der Waals surface area contributed by atoms with Gasteiger partial charge in [-0.25, -0.2) is 9.79 Å². The maximum absolute atomic E-state index is 13.5. The summed E-state index contributed by atoms with van der Waals surface area (Å²) < 4.78 is 13.8. The summed E-state index contributed by atoms with van der Waals surface area (Å²) in [5.41, 5.74) is 2.32. The molecule has 0 bridgehead atoms. The highest BCUT2D eigenvalue weighted by Gasteiger charge is 2.33. The second-order valence-corrected chi connectivity index (χ2v) is 9.06. The van der Waals surface area contributed by atoms with Gasteiger partial charge < -0.3 is 9.47 Å². The van der Waals surface area contributed by atoms with Crippen LogP contribution in [0.4, 0.5) is 0 Å². The summed E-state index contributed by atoms with van der Waals surface area (Å²) >= 11 is 4.72. The number of thiazole rings is 1. The number of ether oxygens (including phenoxy) is 2. The topological polar surface area (TPSA) is 69.9 Å². The molecule has 0 fully saturated rings. The number of carbonyl (C=O) groups excluding carboxylic acids is 1. The van der Waals surface area contributed by atoms with Crippen LogP contribution in [-0.2, 0) is 9.53 Å². The van der Waals surface area contributed by atoms with Gasteiger partial charge >= 0.3 is 5.97 Å². The van der Waals surface area contributed by atoms with Gasteiger partial charge in [0.15, 0.2) is 4.80 Å². The number of rotatable bonds is 5. The van der Waals surface area contributed by atoms with Crippen LogP contribution in [0.15, 0.2) is 74.1 Å². The van der Waals surface area contributed by atoms with E-state index >= 15 is 0 Å². The zero-order valence-electron chi connectivity index (χ0n) is 17.8. The van der Waals surface area contributed by atoms with Crippen molar-refractivity contribution in [2.24, 2.45) is 4.99 Å². The highest BCUT2D eigenvalue weighted by atomic mass is 79.9. The Hall–Kier alpha value is -2.97. The summed E-state index contributed by atoms with van der Waals surface area (Å²) in [6, 6.07) is 14.4. The zero-order chi connectivity index (χ0) is 22.8. The van der Waals surface area contributed by atoms with Crippen LogP contribution in [0.1, 0.15) is 31.0 Å². The molecule has 1 aliphatic rings. The lowest BCUT2D eigenvalue weighted by atomic mass is 9.95. The number of hydrogen-bond acceptors (Lipinski definition) is 6. The Bertz CT molecular complexity index is 1390. The van der Waals surface area contributed by atoms with Gasteiger partial charge in [0.2, 0.25) is 0 Å². The fourth-order valence-corrected chi connectivity index (χ4v) is 4.94. The van der Waals surface area contributed by atoms with E-state index in [0.717, 1.165) is 15.6 Å². The monoisotopic (exact) mass is 512 g/mol. The van der Waals surface area contributed by atoms with E-state index in [1.165, 1.54) is 11.3 Å². The summed E-state index contributed by atoms with van der Waals surface area (Å²) in [5.74, 6) is 0.154. The Labute approximate surface area is 197 Å². The molecule has 0 N–H and O–H groups in total. The molecular formula is C24H21BrN2O4S. The summed E-state index contributed by atoms with van der Waals surface area (Å²) in [7, 11) is 1.58. The lowest BCUT2D eigenvalue weighted by molar-refractivity contribution is -0.139. The van der Waals surface area contributed by atoms with Crippen molar-refractivity contribution in [3.8, 4) is 5.75 Å². The Morgan fingerprint density at radius 1 is 1.25 bits per heavy atom. The van der Waals surface area contributed by atoms with Crippen LogP contribution in [0.5, 0.6) is 5.75 Å². The van der Waals surface area contributed by atoms with Crippen LogP contribution in [0.25, 0.3) is 6.08 Å². The number of allylic oxidation sites excluding steroid dienone is 1. The molecule has 2 aromatic carbocycles. The number of halogens is 1. The molecule has 0 unspecified atom stereocenters. The SMILES string of the molecule is CCOC(=O)C1=C(C)N=c2s/c(=C\c3ccc(Br)cc3)c(=O)n2[C@@H]1c1cccc(OC)c1. The number of nitrogens with zero attached hydrogens (tertiary/aromatic N) is 2. The molecule has 4 rings (SSSR count). The summed E-state index contributed by atoms with van der Waals surface area (Å²) in [6.45, 7) is 3.75. The molecule has 32 heavy (non-hydrogen) atoms. The molecule has 0 spiro atoms. The Morgan fingerprint density at radius 2 is 2.00 bits per heavy atom. The smallest absolute Gasteiger partial charge is 0.338 e.